The van der Waals surface area contributed by atoms with Crippen molar-refractivity contribution in [3.63, 3.8) is 0 Å². The average Bonchev–Trinajstić information content (AvgIpc) is 3.04. The van der Waals surface area contributed by atoms with E-state index < -0.39 is 0 Å². The molecule has 2 saturated heterocycles. The second-order valence-corrected chi connectivity index (χ2v) is 8.57. The Hall–Kier alpha value is -0.890. The number of benzene rings is 1. The molecule has 2 aliphatic heterocycles. The van der Waals surface area contributed by atoms with Gasteiger partial charge in [-0.1, -0.05) is 12.1 Å². The Bertz CT molecular complexity index is 670. The van der Waals surface area contributed by atoms with Crippen molar-refractivity contribution in [2.75, 3.05) is 45.8 Å². The Morgan fingerprint density at radius 1 is 1.25 bits per heavy atom. The number of hydrogen-bond acceptors (Lipinski definition) is 2. The largest absolute Gasteiger partial charge is 0.357 e. The number of aliphatic imine (C=N–C) groups is 1. The highest BCUT2D eigenvalue weighted by Crippen LogP contribution is 2.48. The summed E-state index contributed by atoms with van der Waals surface area (Å²) in [5.74, 6) is 1.66. The van der Waals surface area contributed by atoms with E-state index in [2.05, 4.69) is 28.1 Å². The third kappa shape index (κ3) is 5.17. The van der Waals surface area contributed by atoms with Crippen LogP contribution < -0.4 is 5.32 Å². The lowest BCUT2D eigenvalue weighted by Crippen LogP contribution is -2.41. The van der Waals surface area contributed by atoms with Crippen LogP contribution in [-0.2, 0) is 5.41 Å². The molecular weight excluding hydrogens is 466 g/mol. The Balaban J connectivity index is 0.00000225. The van der Waals surface area contributed by atoms with Crippen molar-refractivity contribution >= 4 is 29.9 Å². The van der Waals surface area contributed by atoms with Gasteiger partial charge in [-0.2, -0.15) is 0 Å². The number of halogens is 2. The summed E-state index contributed by atoms with van der Waals surface area (Å²) in [4.78, 5) is 10.1. The smallest absolute Gasteiger partial charge is 0.193 e. The van der Waals surface area contributed by atoms with E-state index in [1.54, 1.807) is 6.07 Å². The maximum Gasteiger partial charge on any atom is 0.193 e. The number of nitrogens with zero attached hydrogens (tertiary/aromatic N) is 3. The van der Waals surface area contributed by atoms with Crippen LogP contribution in [-0.4, -0.2) is 61.6 Å². The molecule has 1 aliphatic carbocycles. The molecule has 4 rings (SSSR count). The molecule has 0 bridgehead atoms. The Kier molecular flexibility index (Phi) is 7.59. The van der Waals surface area contributed by atoms with Crippen molar-refractivity contribution in [3.8, 4) is 0 Å². The van der Waals surface area contributed by atoms with Gasteiger partial charge in [-0.05, 0) is 75.7 Å². The van der Waals surface area contributed by atoms with Gasteiger partial charge in [0.15, 0.2) is 5.96 Å². The minimum absolute atomic E-state index is 0. The van der Waals surface area contributed by atoms with Crippen LogP contribution in [0.5, 0.6) is 0 Å². The second kappa shape index (κ2) is 9.74. The minimum Gasteiger partial charge on any atom is -0.357 e. The van der Waals surface area contributed by atoms with E-state index >= 15 is 0 Å². The molecule has 0 amide bonds. The molecule has 1 N–H and O–H groups in total. The first-order valence-corrected chi connectivity index (χ1v) is 10.7. The first-order chi connectivity index (χ1) is 13.2. The monoisotopic (exact) mass is 500 g/mol. The summed E-state index contributed by atoms with van der Waals surface area (Å²) in [6, 6.07) is 7.10. The summed E-state index contributed by atoms with van der Waals surface area (Å²) in [6.45, 7) is 9.77. The van der Waals surface area contributed by atoms with Crippen LogP contribution in [0.3, 0.4) is 0 Å². The maximum atomic E-state index is 13.6. The molecule has 0 aromatic heterocycles. The summed E-state index contributed by atoms with van der Waals surface area (Å²) >= 11 is 0. The van der Waals surface area contributed by atoms with E-state index in [4.69, 9.17) is 4.99 Å². The van der Waals surface area contributed by atoms with Gasteiger partial charge in [0, 0.05) is 31.6 Å². The molecular formula is C22H34FIN4. The molecule has 1 aromatic carbocycles. The Labute approximate surface area is 186 Å². The van der Waals surface area contributed by atoms with Gasteiger partial charge in [0.05, 0.1) is 6.54 Å². The summed E-state index contributed by atoms with van der Waals surface area (Å²) in [6.07, 6.45) is 6.20. The van der Waals surface area contributed by atoms with Crippen LogP contribution >= 0.6 is 24.0 Å². The fourth-order valence-corrected chi connectivity index (χ4v) is 4.66. The third-order valence-electron chi connectivity index (χ3n) is 6.46. The van der Waals surface area contributed by atoms with Crippen molar-refractivity contribution in [3.05, 3.63) is 35.6 Å². The lowest BCUT2D eigenvalue weighted by Gasteiger charge is -2.24. The second-order valence-electron chi connectivity index (χ2n) is 8.57. The zero-order valence-corrected chi connectivity index (χ0v) is 19.3. The van der Waals surface area contributed by atoms with Crippen molar-refractivity contribution < 1.29 is 4.39 Å². The van der Waals surface area contributed by atoms with E-state index in [0.29, 0.717) is 0 Å². The van der Waals surface area contributed by atoms with E-state index in [0.717, 1.165) is 56.5 Å². The maximum absolute atomic E-state index is 13.6. The summed E-state index contributed by atoms with van der Waals surface area (Å²) < 4.78 is 13.6. The fourth-order valence-electron chi connectivity index (χ4n) is 4.66. The van der Waals surface area contributed by atoms with Crippen LogP contribution in [0.25, 0.3) is 0 Å². The van der Waals surface area contributed by atoms with Gasteiger partial charge in [-0.25, -0.2) is 4.39 Å². The topological polar surface area (TPSA) is 30.9 Å². The van der Waals surface area contributed by atoms with E-state index in [-0.39, 0.29) is 35.2 Å². The molecule has 4 nitrogen and oxygen atoms in total. The summed E-state index contributed by atoms with van der Waals surface area (Å²) in [5, 5.41) is 3.49. The quantitative estimate of drug-likeness (QED) is 0.366. The molecule has 2 heterocycles. The molecule has 3 aliphatic rings. The first kappa shape index (κ1) is 21.8. The first-order valence-electron chi connectivity index (χ1n) is 10.7. The van der Waals surface area contributed by atoms with Crippen LogP contribution in [0.1, 0.15) is 44.6 Å². The molecule has 6 heteroatoms. The van der Waals surface area contributed by atoms with Gasteiger partial charge in [-0.3, -0.25) is 4.99 Å². The molecule has 1 saturated carbocycles. The van der Waals surface area contributed by atoms with Crippen LogP contribution in [0.2, 0.25) is 0 Å². The fraction of sp³-hybridized carbons (Fsp3) is 0.682. The van der Waals surface area contributed by atoms with Gasteiger partial charge < -0.3 is 15.1 Å². The molecule has 156 valence electrons. The molecule has 1 aromatic rings. The van der Waals surface area contributed by atoms with E-state index in [9.17, 15) is 4.39 Å². The Morgan fingerprint density at radius 3 is 2.71 bits per heavy atom. The molecule has 1 atom stereocenters. The van der Waals surface area contributed by atoms with E-state index in [1.807, 2.05) is 6.07 Å². The highest BCUT2D eigenvalue weighted by Gasteiger charge is 2.44. The number of guanidine groups is 1. The number of rotatable bonds is 6. The Morgan fingerprint density at radius 2 is 2.04 bits per heavy atom. The van der Waals surface area contributed by atoms with Crippen molar-refractivity contribution in [2.24, 2.45) is 10.9 Å². The highest BCUT2D eigenvalue weighted by molar-refractivity contribution is 14.0. The molecule has 1 unspecified atom stereocenters. The van der Waals surface area contributed by atoms with Crippen molar-refractivity contribution in [1.82, 2.24) is 15.1 Å². The summed E-state index contributed by atoms with van der Waals surface area (Å²) in [5.41, 5.74) is 1.16. The highest BCUT2D eigenvalue weighted by atomic mass is 127. The number of nitrogens with one attached hydrogen (secondary N) is 1. The molecule has 0 radical (unpaired) electrons. The lowest BCUT2D eigenvalue weighted by atomic mass is 9.96. The summed E-state index contributed by atoms with van der Waals surface area (Å²) in [7, 11) is 0. The number of likely N-dealkylation sites (tertiary alicyclic amines) is 2. The standard InChI is InChI=1S/C22H33FN4.HI/c1-2-24-21(27-13-8-18(16-27)15-26-11-3-4-12-26)25-17-22(9-10-22)19-6-5-7-20(23)14-19;/h5-7,14,18H,2-4,8-13,15-17H2,1H3,(H,24,25);1H. The van der Waals surface area contributed by atoms with E-state index in [1.165, 1.54) is 45.0 Å². The average molecular weight is 500 g/mol. The number of hydrogen-bond donors (Lipinski definition) is 1. The van der Waals surface area contributed by atoms with Crippen LogP contribution in [0.15, 0.2) is 29.3 Å². The molecule has 0 spiro atoms. The van der Waals surface area contributed by atoms with Crippen LogP contribution in [0, 0.1) is 11.7 Å². The third-order valence-corrected chi connectivity index (χ3v) is 6.46. The zero-order valence-electron chi connectivity index (χ0n) is 17.0. The van der Waals surface area contributed by atoms with Gasteiger partial charge in [0.25, 0.3) is 0 Å². The minimum atomic E-state index is -0.140. The van der Waals surface area contributed by atoms with Crippen molar-refractivity contribution in [1.29, 1.82) is 0 Å². The predicted octanol–water partition coefficient (Wildman–Crippen LogP) is 3.86. The normalized spacial score (nSPS) is 24.3. The van der Waals surface area contributed by atoms with Gasteiger partial charge in [0.1, 0.15) is 5.82 Å². The van der Waals surface area contributed by atoms with Gasteiger partial charge in [-0.15, -0.1) is 24.0 Å². The lowest BCUT2D eigenvalue weighted by molar-refractivity contribution is 0.281. The van der Waals surface area contributed by atoms with Gasteiger partial charge in [0.2, 0.25) is 0 Å². The van der Waals surface area contributed by atoms with Crippen molar-refractivity contribution in [2.45, 2.75) is 44.4 Å². The SMILES string of the molecule is CCNC(=NCC1(c2cccc(F)c2)CC1)N1CCC(CN2CCCC2)C1.I. The van der Waals surface area contributed by atoms with Gasteiger partial charge >= 0.3 is 0 Å². The molecule has 28 heavy (non-hydrogen) atoms. The predicted molar refractivity (Wildman–Crippen MR) is 124 cm³/mol. The molecule has 3 fully saturated rings. The van der Waals surface area contributed by atoms with Crippen LogP contribution in [0.4, 0.5) is 4.39 Å². The zero-order chi connectivity index (χ0) is 18.7.